The predicted molar refractivity (Wildman–Crippen MR) is 142 cm³/mol. The number of ketones is 1. The van der Waals surface area contributed by atoms with Gasteiger partial charge in [0.1, 0.15) is 11.6 Å². The van der Waals surface area contributed by atoms with Crippen LogP contribution in [0, 0.1) is 6.92 Å². The molecular formula is C29H25N3O4S. The van der Waals surface area contributed by atoms with Crippen LogP contribution in [-0.2, 0) is 9.59 Å². The minimum Gasteiger partial charge on any atom is -0.482 e. The van der Waals surface area contributed by atoms with Gasteiger partial charge in [0.05, 0.1) is 11.4 Å². The van der Waals surface area contributed by atoms with Gasteiger partial charge in [-0.3, -0.25) is 4.79 Å². The molecule has 6 rings (SSSR count). The fourth-order valence-corrected chi connectivity index (χ4v) is 6.22. The van der Waals surface area contributed by atoms with Crippen LogP contribution in [0.25, 0.3) is 5.69 Å². The van der Waals surface area contributed by atoms with Crippen LogP contribution in [0.3, 0.4) is 0 Å². The summed E-state index contributed by atoms with van der Waals surface area (Å²) in [4.78, 5) is 25.9. The highest BCUT2D eigenvalue weighted by Gasteiger charge is 2.41. The first-order valence-electron chi connectivity index (χ1n) is 12.2. The SMILES string of the molecule is Cc1nn(-c2ccccc2)c2c1[C@@H](c1ccc(OCC(=O)O)cc1)C1=C(C[C@H](c3cccs3)CC1=O)N2. The molecule has 1 aliphatic heterocycles. The number of anilines is 1. The molecule has 3 heterocycles. The number of carboxylic acids is 1. The summed E-state index contributed by atoms with van der Waals surface area (Å²) in [7, 11) is 0. The van der Waals surface area contributed by atoms with E-state index < -0.39 is 12.6 Å². The second-order valence-corrected chi connectivity index (χ2v) is 10.3. The van der Waals surface area contributed by atoms with E-state index in [0.717, 1.165) is 46.0 Å². The molecule has 0 radical (unpaired) electrons. The molecule has 0 fully saturated rings. The zero-order valence-electron chi connectivity index (χ0n) is 20.2. The van der Waals surface area contributed by atoms with E-state index in [1.807, 2.05) is 60.1 Å². The molecular weight excluding hydrogens is 486 g/mol. The Bertz CT molecular complexity index is 1500. The fraction of sp³-hybridized carbons (Fsp3) is 0.207. The number of benzene rings is 2. The summed E-state index contributed by atoms with van der Waals surface area (Å²) in [5.41, 5.74) is 5.44. The third-order valence-corrected chi connectivity index (χ3v) is 8.02. The Morgan fingerprint density at radius 2 is 1.89 bits per heavy atom. The summed E-state index contributed by atoms with van der Waals surface area (Å²) in [5.74, 6) is 0.313. The van der Waals surface area contributed by atoms with Gasteiger partial charge in [0.2, 0.25) is 0 Å². The van der Waals surface area contributed by atoms with Crippen LogP contribution in [0.2, 0.25) is 0 Å². The Balaban J connectivity index is 1.47. The van der Waals surface area contributed by atoms with Crippen molar-refractivity contribution in [3.63, 3.8) is 0 Å². The Kier molecular flexibility index (Phi) is 5.88. The van der Waals surface area contributed by atoms with Gasteiger partial charge in [-0.05, 0) is 54.6 Å². The molecule has 1 aliphatic carbocycles. The minimum absolute atomic E-state index is 0.140. The van der Waals surface area contributed by atoms with Crippen LogP contribution in [0.15, 0.2) is 83.4 Å². The number of hydrogen-bond acceptors (Lipinski definition) is 6. The van der Waals surface area contributed by atoms with Gasteiger partial charge in [-0.2, -0.15) is 5.10 Å². The molecule has 7 nitrogen and oxygen atoms in total. The summed E-state index contributed by atoms with van der Waals surface area (Å²) in [6.07, 6.45) is 1.22. The third kappa shape index (κ3) is 4.23. The number of ether oxygens (including phenoxy) is 1. The van der Waals surface area contributed by atoms with Gasteiger partial charge >= 0.3 is 5.97 Å². The summed E-state index contributed by atoms with van der Waals surface area (Å²) < 4.78 is 7.26. The second kappa shape index (κ2) is 9.37. The van der Waals surface area contributed by atoms with Crippen molar-refractivity contribution in [2.45, 2.75) is 31.6 Å². The van der Waals surface area contributed by atoms with Crippen LogP contribution in [0.5, 0.6) is 5.75 Å². The maximum Gasteiger partial charge on any atom is 0.341 e. The normalized spacial score (nSPS) is 18.7. The number of allylic oxidation sites excluding steroid dienone is 2. The summed E-state index contributed by atoms with van der Waals surface area (Å²) in [6, 6.07) is 21.5. The molecule has 8 heteroatoms. The minimum atomic E-state index is -1.03. The van der Waals surface area contributed by atoms with Crippen molar-refractivity contribution in [3.05, 3.63) is 105 Å². The molecule has 2 atom stereocenters. The molecule has 186 valence electrons. The van der Waals surface area contributed by atoms with Gasteiger partial charge in [-0.1, -0.05) is 36.4 Å². The Hall–Kier alpha value is -4.17. The van der Waals surface area contributed by atoms with E-state index >= 15 is 0 Å². The molecule has 2 aromatic carbocycles. The molecule has 37 heavy (non-hydrogen) atoms. The Morgan fingerprint density at radius 1 is 1.11 bits per heavy atom. The molecule has 0 spiro atoms. The highest BCUT2D eigenvalue weighted by atomic mass is 32.1. The lowest BCUT2D eigenvalue weighted by Gasteiger charge is -2.35. The Labute approximate surface area is 218 Å². The van der Waals surface area contributed by atoms with Crippen molar-refractivity contribution in [1.29, 1.82) is 0 Å². The topological polar surface area (TPSA) is 93.5 Å². The molecule has 2 aliphatic rings. The maximum atomic E-state index is 13.7. The van der Waals surface area contributed by atoms with Crippen molar-refractivity contribution >= 4 is 28.9 Å². The summed E-state index contributed by atoms with van der Waals surface area (Å²) in [5, 5.41) is 19.5. The van der Waals surface area contributed by atoms with Gasteiger partial charge in [0.15, 0.2) is 12.4 Å². The van der Waals surface area contributed by atoms with E-state index in [2.05, 4.69) is 16.8 Å². The number of carboxylic acid groups (broad SMARTS) is 1. The fourth-order valence-electron chi connectivity index (χ4n) is 5.39. The van der Waals surface area contributed by atoms with E-state index in [0.29, 0.717) is 12.2 Å². The van der Waals surface area contributed by atoms with Gasteiger partial charge in [0, 0.05) is 40.0 Å². The molecule has 0 bridgehead atoms. The van der Waals surface area contributed by atoms with E-state index in [9.17, 15) is 9.59 Å². The van der Waals surface area contributed by atoms with E-state index in [4.69, 9.17) is 14.9 Å². The molecule has 0 amide bonds. The number of hydrogen-bond donors (Lipinski definition) is 2. The number of para-hydroxylation sites is 1. The largest absolute Gasteiger partial charge is 0.482 e. The number of rotatable bonds is 6. The van der Waals surface area contributed by atoms with Gasteiger partial charge in [0.25, 0.3) is 0 Å². The van der Waals surface area contributed by atoms with Crippen molar-refractivity contribution in [2.24, 2.45) is 0 Å². The van der Waals surface area contributed by atoms with Crippen LogP contribution in [0.4, 0.5) is 5.82 Å². The van der Waals surface area contributed by atoms with Crippen molar-refractivity contribution in [2.75, 3.05) is 11.9 Å². The number of carbonyl (C=O) groups excluding carboxylic acids is 1. The smallest absolute Gasteiger partial charge is 0.341 e. The Morgan fingerprint density at radius 3 is 2.59 bits per heavy atom. The standard InChI is InChI=1S/C29H25N3O4S/c1-17-26-27(18-9-11-21(12-10-18)36-16-25(34)35)28-22(14-19(15-23(28)33)24-8-5-13-37-24)30-29(26)32(31-17)20-6-3-2-4-7-20/h2-13,19,27,30H,14-16H2,1H3,(H,34,35)/t19-,27+/m0/s1. The first-order valence-corrected chi connectivity index (χ1v) is 13.0. The van der Waals surface area contributed by atoms with E-state index in [1.165, 1.54) is 4.88 Å². The predicted octanol–water partition coefficient (Wildman–Crippen LogP) is 5.66. The average Bonchev–Trinajstić information content (AvgIpc) is 3.56. The van der Waals surface area contributed by atoms with E-state index in [1.54, 1.807) is 23.5 Å². The first kappa shape index (κ1) is 23.2. The quantitative estimate of drug-likeness (QED) is 0.347. The number of aryl methyl sites for hydroxylation is 1. The number of fused-ring (bicyclic) bond motifs is 1. The number of nitrogens with one attached hydrogen (secondary N) is 1. The highest BCUT2D eigenvalue weighted by molar-refractivity contribution is 7.10. The summed E-state index contributed by atoms with van der Waals surface area (Å²) in [6.45, 7) is 1.57. The lowest BCUT2D eigenvalue weighted by Crippen LogP contribution is -2.30. The molecule has 0 saturated carbocycles. The first-order chi connectivity index (χ1) is 18.0. The van der Waals surface area contributed by atoms with Crippen LogP contribution in [0.1, 0.15) is 46.4 Å². The highest BCUT2D eigenvalue weighted by Crippen LogP contribution is 2.50. The number of nitrogens with zero attached hydrogens (tertiary/aromatic N) is 2. The third-order valence-electron chi connectivity index (χ3n) is 6.98. The summed E-state index contributed by atoms with van der Waals surface area (Å²) >= 11 is 1.69. The number of aliphatic carboxylic acids is 1. The molecule has 2 aromatic heterocycles. The zero-order valence-corrected chi connectivity index (χ0v) is 21.0. The van der Waals surface area contributed by atoms with Crippen molar-refractivity contribution < 1.29 is 19.4 Å². The van der Waals surface area contributed by atoms with Crippen LogP contribution < -0.4 is 10.1 Å². The number of Topliss-reactive ketones (excluding diaryl/α,β-unsaturated/α-hetero) is 1. The molecule has 4 aromatic rings. The van der Waals surface area contributed by atoms with Crippen molar-refractivity contribution in [3.8, 4) is 11.4 Å². The monoisotopic (exact) mass is 511 g/mol. The zero-order chi connectivity index (χ0) is 25.5. The average molecular weight is 512 g/mol. The van der Waals surface area contributed by atoms with Gasteiger partial charge in [-0.25, -0.2) is 9.48 Å². The molecule has 0 unspecified atom stereocenters. The number of aromatic nitrogens is 2. The molecule has 0 saturated heterocycles. The van der Waals surface area contributed by atoms with Crippen LogP contribution in [-0.4, -0.2) is 33.2 Å². The van der Waals surface area contributed by atoms with Gasteiger partial charge in [-0.15, -0.1) is 11.3 Å². The van der Waals surface area contributed by atoms with E-state index in [-0.39, 0.29) is 17.6 Å². The maximum absolute atomic E-state index is 13.7. The second-order valence-electron chi connectivity index (χ2n) is 9.34. The lowest BCUT2D eigenvalue weighted by molar-refractivity contribution is -0.139. The number of thiophene rings is 1. The molecule has 2 N–H and O–H groups in total. The van der Waals surface area contributed by atoms with Gasteiger partial charge < -0.3 is 15.2 Å². The van der Waals surface area contributed by atoms with Crippen molar-refractivity contribution in [1.82, 2.24) is 9.78 Å². The van der Waals surface area contributed by atoms with Crippen LogP contribution >= 0.6 is 11.3 Å². The number of carbonyl (C=O) groups is 2. The lowest BCUT2D eigenvalue weighted by atomic mass is 9.73.